The van der Waals surface area contributed by atoms with Crippen LogP contribution in [-0.4, -0.2) is 35.4 Å². The summed E-state index contributed by atoms with van der Waals surface area (Å²) in [5, 5.41) is 21.7. The van der Waals surface area contributed by atoms with E-state index >= 15 is 0 Å². The van der Waals surface area contributed by atoms with E-state index in [-0.39, 0.29) is 12.8 Å². The van der Waals surface area contributed by atoms with Crippen LogP contribution in [0.3, 0.4) is 0 Å². The van der Waals surface area contributed by atoms with Gasteiger partial charge in [-0.05, 0) is 73.6 Å². The Morgan fingerprint density at radius 3 is 1.47 bits per heavy atom. The third kappa shape index (κ3) is 8.18. The van der Waals surface area contributed by atoms with Crippen LogP contribution in [0.25, 0.3) is 20.9 Å². The number of aliphatic carboxylic acids is 2. The minimum atomic E-state index is -0.765. The van der Waals surface area contributed by atoms with Crippen molar-refractivity contribution in [3.05, 3.63) is 47.2 Å². The monoisotopic (exact) mass is 502 g/mol. The predicted octanol–water partition coefficient (Wildman–Crippen LogP) is 7.19. The molecule has 2 N–H and O–H groups in total. The summed E-state index contributed by atoms with van der Waals surface area (Å²) in [6.45, 7) is 1.04. The third-order valence-corrected chi connectivity index (χ3v) is 7.05. The number of unbranched alkanes of at least 4 members (excludes halogenated alkanes) is 4. The van der Waals surface area contributed by atoms with Crippen molar-refractivity contribution in [2.45, 2.75) is 51.4 Å². The average molecular weight is 503 g/mol. The second-order valence-corrected chi connectivity index (χ2v) is 9.80. The molecule has 8 heteroatoms. The molecule has 0 bridgehead atoms. The van der Waals surface area contributed by atoms with Crippen LogP contribution in [0.2, 0.25) is 0 Å². The summed E-state index contributed by atoms with van der Waals surface area (Å²) in [5.74, 6) is 0.0497. The summed E-state index contributed by atoms with van der Waals surface area (Å²) < 4.78 is 12.4. The van der Waals surface area contributed by atoms with Crippen LogP contribution in [0.1, 0.15) is 51.4 Å². The van der Waals surface area contributed by atoms with E-state index in [2.05, 4.69) is 12.1 Å². The highest BCUT2D eigenvalue weighted by atomic mass is 32.1. The van der Waals surface area contributed by atoms with Gasteiger partial charge in [-0.25, -0.2) is 0 Å². The highest BCUT2D eigenvalue weighted by Gasteiger charge is 2.17. The van der Waals surface area contributed by atoms with Crippen molar-refractivity contribution in [1.82, 2.24) is 0 Å². The van der Waals surface area contributed by atoms with Gasteiger partial charge in [0.1, 0.15) is 11.5 Å². The summed E-state index contributed by atoms with van der Waals surface area (Å²) in [7, 11) is 0. The van der Waals surface area contributed by atoms with E-state index in [9.17, 15) is 9.59 Å². The van der Waals surface area contributed by atoms with Gasteiger partial charge >= 0.3 is 11.9 Å². The number of benzene rings is 1. The van der Waals surface area contributed by atoms with Gasteiger partial charge in [-0.2, -0.15) is 0 Å². The molecule has 3 rings (SSSR count). The van der Waals surface area contributed by atoms with Crippen LogP contribution in [-0.2, 0) is 9.59 Å². The molecule has 0 aliphatic carbocycles. The highest BCUT2D eigenvalue weighted by Crippen LogP contribution is 2.43. The lowest BCUT2D eigenvalue weighted by Gasteiger charge is -2.17. The van der Waals surface area contributed by atoms with Gasteiger partial charge in [0.15, 0.2) is 0 Å². The van der Waals surface area contributed by atoms with Crippen LogP contribution >= 0.6 is 22.7 Å². The Bertz CT molecular complexity index is 944. The maximum atomic E-state index is 10.7. The van der Waals surface area contributed by atoms with Crippen LogP contribution in [0.5, 0.6) is 11.5 Å². The quantitative estimate of drug-likeness (QED) is 0.201. The molecule has 0 amide bonds. The maximum Gasteiger partial charge on any atom is 0.303 e. The summed E-state index contributed by atoms with van der Waals surface area (Å²) in [6.07, 6.45) is 4.87. The van der Waals surface area contributed by atoms with Gasteiger partial charge in [0.2, 0.25) is 0 Å². The Morgan fingerprint density at radius 1 is 0.676 bits per heavy atom. The fraction of sp³-hybridized carbons (Fsp3) is 0.385. The van der Waals surface area contributed by atoms with E-state index in [1.165, 1.54) is 0 Å². The van der Waals surface area contributed by atoms with Gasteiger partial charge in [-0.1, -0.05) is 12.1 Å². The van der Waals surface area contributed by atoms with Crippen LogP contribution in [0.4, 0.5) is 0 Å². The van der Waals surface area contributed by atoms with Crippen LogP contribution in [0, 0.1) is 0 Å². The zero-order chi connectivity index (χ0) is 24.2. The molecule has 3 aromatic rings. The number of carboxylic acids is 2. The third-order valence-electron chi connectivity index (χ3n) is 5.24. The lowest BCUT2D eigenvalue weighted by atomic mass is 10.1. The van der Waals surface area contributed by atoms with Crippen molar-refractivity contribution in [3.63, 3.8) is 0 Å². The maximum absolute atomic E-state index is 10.7. The molecule has 182 valence electrons. The molecule has 2 aromatic heterocycles. The molecule has 34 heavy (non-hydrogen) atoms. The summed E-state index contributed by atoms with van der Waals surface area (Å²) in [5.41, 5.74) is 1.95. The fourth-order valence-corrected chi connectivity index (χ4v) is 5.02. The number of carboxylic acid groups (broad SMARTS) is 2. The zero-order valence-electron chi connectivity index (χ0n) is 19.0. The molecule has 0 atom stereocenters. The standard InChI is InChI=1S/C26H30O6S2/c27-25(28)11-3-1-5-13-31-21-17-20(24-10-8-16-34-24)22(18-19(21)23-9-7-15-33-23)32-14-6-2-4-12-26(29)30/h7-10,15-18H,1-6,11-14H2,(H,27,28)(H,29,30). The molecule has 6 nitrogen and oxygen atoms in total. The van der Waals surface area contributed by atoms with E-state index in [1.807, 2.05) is 35.0 Å². The van der Waals surface area contributed by atoms with Crippen molar-refractivity contribution in [2.24, 2.45) is 0 Å². The Labute approximate surface area is 207 Å². The number of ether oxygens (including phenoxy) is 2. The van der Waals surface area contributed by atoms with Gasteiger partial charge in [-0.15, -0.1) is 22.7 Å². The first-order valence-corrected chi connectivity index (χ1v) is 13.3. The molecule has 0 aliphatic heterocycles. The van der Waals surface area contributed by atoms with Crippen LogP contribution in [0.15, 0.2) is 47.2 Å². The van der Waals surface area contributed by atoms with Gasteiger partial charge in [0.25, 0.3) is 0 Å². The molecule has 2 heterocycles. The van der Waals surface area contributed by atoms with E-state index in [4.69, 9.17) is 19.7 Å². The predicted molar refractivity (Wildman–Crippen MR) is 136 cm³/mol. The lowest BCUT2D eigenvalue weighted by Crippen LogP contribution is -2.03. The Hall–Kier alpha value is -2.84. The molecule has 0 saturated carbocycles. The number of rotatable bonds is 16. The van der Waals surface area contributed by atoms with Crippen molar-refractivity contribution in [2.75, 3.05) is 13.2 Å². The van der Waals surface area contributed by atoms with Crippen molar-refractivity contribution >= 4 is 34.6 Å². The average Bonchev–Trinajstić information content (AvgIpc) is 3.52. The topological polar surface area (TPSA) is 93.1 Å². The van der Waals surface area contributed by atoms with Gasteiger partial charge in [-0.3, -0.25) is 9.59 Å². The number of hydrogen-bond donors (Lipinski definition) is 2. The van der Waals surface area contributed by atoms with Crippen molar-refractivity contribution < 1.29 is 29.3 Å². The van der Waals surface area contributed by atoms with E-state index in [0.29, 0.717) is 26.1 Å². The summed E-state index contributed by atoms with van der Waals surface area (Å²) >= 11 is 3.27. The largest absolute Gasteiger partial charge is 0.493 e. The highest BCUT2D eigenvalue weighted by molar-refractivity contribution is 7.14. The number of carbonyl (C=O) groups is 2. The number of thiophene rings is 2. The SMILES string of the molecule is O=C(O)CCCCCOc1cc(-c2cccs2)c(OCCCCCC(=O)O)cc1-c1cccs1. The Balaban J connectivity index is 1.75. The second-order valence-electron chi connectivity index (χ2n) is 7.90. The molecular weight excluding hydrogens is 472 g/mol. The van der Waals surface area contributed by atoms with E-state index in [1.54, 1.807) is 22.7 Å². The lowest BCUT2D eigenvalue weighted by molar-refractivity contribution is -0.138. The zero-order valence-corrected chi connectivity index (χ0v) is 20.7. The fourth-order valence-electron chi connectivity index (χ4n) is 3.52. The molecule has 0 fully saturated rings. The summed E-state index contributed by atoms with van der Waals surface area (Å²) in [6, 6.07) is 12.2. The van der Waals surface area contributed by atoms with Gasteiger partial charge in [0, 0.05) is 33.7 Å². The molecule has 0 spiro atoms. The van der Waals surface area contributed by atoms with Gasteiger partial charge in [0.05, 0.1) is 13.2 Å². The van der Waals surface area contributed by atoms with Crippen LogP contribution < -0.4 is 9.47 Å². The smallest absolute Gasteiger partial charge is 0.303 e. The molecule has 0 unspecified atom stereocenters. The molecule has 0 radical (unpaired) electrons. The second kappa shape index (κ2) is 13.8. The Morgan fingerprint density at radius 2 is 1.12 bits per heavy atom. The first-order chi connectivity index (χ1) is 16.5. The van der Waals surface area contributed by atoms with Crippen molar-refractivity contribution in [3.8, 4) is 32.4 Å². The molecule has 0 saturated heterocycles. The van der Waals surface area contributed by atoms with Gasteiger partial charge < -0.3 is 19.7 Å². The van der Waals surface area contributed by atoms with E-state index < -0.39 is 11.9 Å². The Kier molecular flexibility index (Phi) is 10.4. The molecule has 1 aromatic carbocycles. The summed E-state index contributed by atoms with van der Waals surface area (Å²) in [4.78, 5) is 23.6. The first-order valence-electron chi connectivity index (χ1n) is 11.5. The first kappa shape index (κ1) is 25.8. The molecular formula is C26H30O6S2. The molecule has 0 aliphatic rings. The number of hydrogen-bond acceptors (Lipinski definition) is 6. The van der Waals surface area contributed by atoms with E-state index in [0.717, 1.165) is 58.1 Å². The normalized spacial score (nSPS) is 10.8. The minimum absolute atomic E-state index is 0.186. The minimum Gasteiger partial charge on any atom is -0.493 e. The van der Waals surface area contributed by atoms with Crippen molar-refractivity contribution in [1.29, 1.82) is 0 Å².